The minimum atomic E-state index is -0.538. The minimum absolute atomic E-state index is 0.00596. The van der Waals surface area contributed by atoms with Crippen LogP contribution in [-0.4, -0.2) is 37.7 Å². The van der Waals surface area contributed by atoms with E-state index in [0.29, 0.717) is 28.3 Å². The first-order chi connectivity index (χ1) is 20.8. The van der Waals surface area contributed by atoms with E-state index in [4.69, 9.17) is 9.47 Å². The van der Waals surface area contributed by atoms with Crippen LogP contribution in [0.5, 0.6) is 11.5 Å². The first-order valence-electron chi connectivity index (χ1n) is 13.5. The molecule has 4 aromatic carbocycles. The van der Waals surface area contributed by atoms with E-state index >= 15 is 0 Å². The normalized spacial score (nSPS) is 10.9. The van der Waals surface area contributed by atoms with Crippen molar-refractivity contribution in [3.05, 3.63) is 119 Å². The first kappa shape index (κ1) is 30.9. The smallest absolute Gasteiger partial charge is 0.272 e. The number of amides is 3. The molecule has 9 heteroatoms. The lowest BCUT2D eigenvalue weighted by molar-refractivity contribution is -0.114. The summed E-state index contributed by atoms with van der Waals surface area (Å²) in [5.74, 6) is 0.147. The maximum atomic E-state index is 13.5. The molecular weight excluding hydrogens is 562 g/mol. The Labute approximate surface area is 255 Å². The Kier molecular flexibility index (Phi) is 10.6. The summed E-state index contributed by atoms with van der Waals surface area (Å²) in [5, 5.41) is 8.58. The van der Waals surface area contributed by atoms with Gasteiger partial charge in [0.05, 0.1) is 20.0 Å². The van der Waals surface area contributed by atoms with E-state index in [9.17, 15) is 14.4 Å². The number of carbonyl (C=O) groups is 3. The third kappa shape index (κ3) is 8.50. The zero-order valence-corrected chi connectivity index (χ0v) is 25.2. The third-order valence-corrected chi connectivity index (χ3v) is 7.47. The molecule has 220 valence electrons. The summed E-state index contributed by atoms with van der Waals surface area (Å²) < 4.78 is 10.8. The number of aryl methyl sites for hydroxylation is 2. The largest absolute Gasteiger partial charge is 0.497 e. The van der Waals surface area contributed by atoms with Crippen LogP contribution in [0.4, 0.5) is 11.4 Å². The van der Waals surface area contributed by atoms with Crippen molar-refractivity contribution in [2.45, 2.75) is 18.7 Å². The van der Waals surface area contributed by atoms with Crippen molar-refractivity contribution in [3.63, 3.8) is 0 Å². The number of benzene rings is 4. The summed E-state index contributed by atoms with van der Waals surface area (Å²) in [5.41, 5.74) is 4.26. The Bertz CT molecular complexity index is 1630. The van der Waals surface area contributed by atoms with E-state index in [0.717, 1.165) is 21.7 Å². The molecule has 0 aromatic heterocycles. The van der Waals surface area contributed by atoms with E-state index in [1.54, 1.807) is 73.8 Å². The fraction of sp³-hybridized carbons (Fsp3) is 0.147. The fourth-order valence-electron chi connectivity index (χ4n) is 4.25. The SMILES string of the molecule is COc1ccc(OC)c(/C=C(/NC(=O)c2ccccc2)C(=O)Nc2cccc(SCC(=O)Nc3c(C)cccc3C)c2)c1. The molecule has 0 aliphatic carbocycles. The Balaban J connectivity index is 1.52. The molecule has 0 aliphatic rings. The van der Waals surface area contributed by atoms with E-state index in [1.807, 2.05) is 38.1 Å². The van der Waals surface area contributed by atoms with Gasteiger partial charge < -0.3 is 25.4 Å². The van der Waals surface area contributed by atoms with Crippen LogP contribution in [0.25, 0.3) is 6.08 Å². The van der Waals surface area contributed by atoms with Crippen LogP contribution in [0, 0.1) is 13.8 Å². The monoisotopic (exact) mass is 595 g/mol. The Morgan fingerprint density at radius 3 is 2.21 bits per heavy atom. The number of para-hydroxylation sites is 1. The van der Waals surface area contributed by atoms with Crippen molar-refractivity contribution < 1.29 is 23.9 Å². The molecule has 0 atom stereocenters. The van der Waals surface area contributed by atoms with Crippen LogP contribution < -0.4 is 25.4 Å². The molecule has 0 spiro atoms. The average Bonchev–Trinajstić information content (AvgIpc) is 3.02. The summed E-state index contributed by atoms with van der Waals surface area (Å²) >= 11 is 1.35. The maximum absolute atomic E-state index is 13.5. The predicted octanol–water partition coefficient (Wildman–Crippen LogP) is 6.46. The van der Waals surface area contributed by atoms with Crippen molar-refractivity contribution >= 4 is 46.9 Å². The van der Waals surface area contributed by atoms with Gasteiger partial charge in [-0.25, -0.2) is 0 Å². The zero-order chi connectivity index (χ0) is 30.8. The number of carbonyl (C=O) groups excluding carboxylic acids is 3. The minimum Gasteiger partial charge on any atom is -0.497 e. The molecule has 3 N–H and O–H groups in total. The highest BCUT2D eigenvalue weighted by Crippen LogP contribution is 2.27. The van der Waals surface area contributed by atoms with Gasteiger partial charge in [-0.3, -0.25) is 14.4 Å². The van der Waals surface area contributed by atoms with Gasteiger partial charge in [-0.1, -0.05) is 42.5 Å². The lowest BCUT2D eigenvalue weighted by Crippen LogP contribution is -2.30. The molecule has 0 fully saturated rings. The number of thioether (sulfide) groups is 1. The van der Waals surface area contributed by atoms with Crippen molar-refractivity contribution in [2.24, 2.45) is 0 Å². The zero-order valence-electron chi connectivity index (χ0n) is 24.4. The van der Waals surface area contributed by atoms with Gasteiger partial charge in [0.1, 0.15) is 17.2 Å². The molecule has 0 heterocycles. The highest BCUT2D eigenvalue weighted by Gasteiger charge is 2.17. The fourth-order valence-corrected chi connectivity index (χ4v) is 5.00. The van der Waals surface area contributed by atoms with E-state index < -0.39 is 11.8 Å². The summed E-state index contributed by atoms with van der Waals surface area (Å²) in [7, 11) is 3.06. The number of rotatable bonds is 11. The molecule has 0 unspecified atom stereocenters. The maximum Gasteiger partial charge on any atom is 0.272 e. The van der Waals surface area contributed by atoms with Gasteiger partial charge in [-0.05, 0) is 79.6 Å². The van der Waals surface area contributed by atoms with E-state index in [-0.39, 0.29) is 17.4 Å². The molecule has 4 aromatic rings. The summed E-state index contributed by atoms with van der Waals surface area (Å²) in [6.07, 6.45) is 1.54. The van der Waals surface area contributed by atoms with Crippen LogP contribution in [0.15, 0.2) is 102 Å². The number of anilines is 2. The number of ether oxygens (including phenoxy) is 2. The molecule has 3 amide bonds. The molecule has 0 radical (unpaired) electrons. The van der Waals surface area contributed by atoms with Crippen molar-refractivity contribution in [1.29, 1.82) is 0 Å². The van der Waals surface area contributed by atoms with E-state index in [1.165, 1.54) is 24.9 Å². The number of nitrogens with one attached hydrogen (secondary N) is 3. The lowest BCUT2D eigenvalue weighted by Gasteiger charge is -2.14. The van der Waals surface area contributed by atoms with Crippen LogP contribution in [0.2, 0.25) is 0 Å². The summed E-state index contributed by atoms with van der Waals surface area (Å²) in [4.78, 5) is 40.0. The molecular formula is C34H33N3O5S. The van der Waals surface area contributed by atoms with Gasteiger partial charge in [0, 0.05) is 27.4 Å². The number of hydrogen-bond acceptors (Lipinski definition) is 6. The van der Waals surface area contributed by atoms with Crippen LogP contribution in [0.3, 0.4) is 0 Å². The lowest BCUT2D eigenvalue weighted by atomic mass is 10.1. The Morgan fingerprint density at radius 1 is 0.791 bits per heavy atom. The van der Waals surface area contributed by atoms with Gasteiger partial charge >= 0.3 is 0 Å². The number of methoxy groups -OCH3 is 2. The quantitative estimate of drug-likeness (QED) is 0.136. The molecule has 0 aliphatic heterocycles. The second kappa shape index (κ2) is 14.7. The molecule has 0 bridgehead atoms. The number of hydrogen-bond donors (Lipinski definition) is 3. The summed E-state index contributed by atoms with van der Waals surface area (Å²) in [6.45, 7) is 3.91. The molecule has 43 heavy (non-hydrogen) atoms. The Hall–Kier alpha value is -5.02. The van der Waals surface area contributed by atoms with Crippen LogP contribution in [-0.2, 0) is 9.59 Å². The van der Waals surface area contributed by atoms with E-state index in [2.05, 4.69) is 16.0 Å². The van der Waals surface area contributed by atoms with Gasteiger partial charge in [-0.2, -0.15) is 0 Å². The highest BCUT2D eigenvalue weighted by molar-refractivity contribution is 8.00. The summed E-state index contributed by atoms with van der Waals surface area (Å²) in [6, 6.07) is 26.8. The third-order valence-electron chi connectivity index (χ3n) is 6.47. The molecule has 0 saturated heterocycles. The topological polar surface area (TPSA) is 106 Å². The van der Waals surface area contributed by atoms with Gasteiger partial charge in [-0.15, -0.1) is 11.8 Å². The average molecular weight is 596 g/mol. The second-order valence-corrected chi connectivity index (χ2v) is 10.6. The van der Waals surface area contributed by atoms with Crippen LogP contribution >= 0.6 is 11.8 Å². The standard InChI is InChI=1S/C34H33N3O5S/c1-22-10-8-11-23(2)32(22)37-31(38)21-43-28-15-9-14-26(20-28)35-34(40)29(36-33(39)24-12-6-5-7-13-24)19-25-18-27(41-3)16-17-30(25)42-4/h5-20H,21H2,1-4H3,(H,35,40)(H,36,39)(H,37,38)/b29-19+. The highest BCUT2D eigenvalue weighted by atomic mass is 32.2. The Morgan fingerprint density at radius 2 is 1.51 bits per heavy atom. The van der Waals surface area contributed by atoms with Crippen molar-refractivity contribution in [3.8, 4) is 11.5 Å². The van der Waals surface area contributed by atoms with Gasteiger partial charge in [0.25, 0.3) is 11.8 Å². The predicted molar refractivity (Wildman–Crippen MR) is 172 cm³/mol. The van der Waals surface area contributed by atoms with Crippen molar-refractivity contribution in [2.75, 3.05) is 30.6 Å². The first-order valence-corrected chi connectivity index (χ1v) is 14.5. The molecule has 4 rings (SSSR count). The van der Waals surface area contributed by atoms with Crippen molar-refractivity contribution in [1.82, 2.24) is 5.32 Å². The molecule has 8 nitrogen and oxygen atoms in total. The van der Waals surface area contributed by atoms with Gasteiger partial charge in [0.2, 0.25) is 5.91 Å². The second-order valence-electron chi connectivity index (χ2n) is 9.57. The van der Waals surface area contributed by atoms with Gasteiger partial charge in [0.15, 0.2) is 0 Å². The van der Waals surface area contributed by atoms with Crippen LogP contribution in [0.1, 0.15) is 27.0 Å². The molecule has 0 saturated carbocycles.